The zero-order chi connectivity index (χ0) is 26.6. The summed E-state index contributed by atoms with van der Waals surface area (Å²) in [5, 5.41) is 24.4. The van der Waals surface area contributed by atoms with Crippen molar-refractivity contribution < 1.29 is 27.0 Å². The molecular weight excluding hydrogens is 496 g/mol. The number of hydrogen-bond donors (Lipinski definition) is 2. The zero-order valence-corrected chi connectivity index (χ0v) is 24.1. The predicted molar refractivity (Wildman–Crippen MR) is 154 cm³/mol. The first-order valence-electron chi connectivity index (χ1n) is 13.8. The maximum absolute atomic E-state index is 11.2. The molecule has 4 rings (SSSR count). The second-order valence-electron chi connectivity index (χ2n) is 9.65. The Kier molecular flexibility index (Phi) is 10.00. The third-order valence-corrected chi connectivity index (χ3v) is 7.45. The lowest BCUT2D eigenvalue weighted by Crippen LogP contribution is -3.00. The maximum atomic E-state index is 11.2. The number of halogens is 1. The molecule has 1 aliphatic heterocycles. The highest BCUT2D eigenvalue weighted by Crippen LogP contribution is 2.44. The molecule has 0 radical (unpaired) electrons. The van der Waals surface area contributed by atoms with Gasteiger partial charge in [0.05, 0.1) is 6.07 Å². The smallest absolute Gasteiger partial charge is 0.203 e. The number of anilines is 1. The number of aliphatic hydroxyl groups is 2. The molecule has 2 aromatic rings. The standard InChI is InChI=1S/C32H41N2O3.ClH/c1-6-11-20-32(35,36)28-15-13-12-14-25(28)31-26-18-16-23(33(7-2)8-3)21-29(26)37-30-22-24(17-19-27(30)31)34(9-4)10-5;/h12-19,21-22,35-36H,6-11,20H2,1-5H3;1H/q+1;/p-1. The molecule has 0 bridgehead atoms. The van der Waals surface area contributed by atoms with E-state index in [0.717, 1.165) is 83.5 Å². The lowest BCUT2D eigenvalue weighted by molar-refractivity contribution is -0.174. The highest BCUT2D eigenvalue weighted by atomic mass is 35.5. The Morgan fingerprint density at radius 1 is 0.842 bits per heavy atom. The monoisotopic (exact) mass is 536 g/mol. The molecule has 0 spiro atoms. The topological polar surface area (TPSA) is 59.9 Å². The van der Waals surface area contributed by atoms with Gasteiger partial charge in [0.2, 0.25) is 5.36 Å². The lowest BCUT2D eigenvalue weighted by atomic mass is 9.86. The van der Waals surface area contributed by atoms with Crippen molar-refractivity contribution in [3.8, 4) is 22.5 Å². The lowest BCUT2D eigenvalue weighted by Gasteiger charge is -2.27. The van der Waals surface area contributed by atoms with Crippen LogP contribution in [0.5, 0.6) is 0 Å². The molecule has 2 aromatic carbocycles. The van der Waals surface area contributed by atoms with E-state index < -0.39 is 5.79 Å². The van der Waals surface area contributed by atoms with Crippen LogP contribution in [0.1, 0.15) is 59.4 Å². The Hall–Kier alpha value is -2.86. The molecule has 0 amide bonds. The Labute approximate surface area is 232 Å². The predicted octanol–water partition coefficient (Wildman–Crippen LogP) is 3.19. The molecule has 5 nitrogen and oxygen atoms in total. The SMILES string of the molecule is CCCCC(O)(O)c1ccccc1-c1c2ccc(=[N+](CC)CC)cc-2oc2cc(N(CC)CC)ccc12.[Cl-]. The Bertz CT molecular complexity index is 1400. The van der Waals surface area contributed by atoms with Gasteiger partial charge in [-0.3, -0.25) is 0 Å². The van der Waals surface area contributed by atoms with Crippen LogP contribution in [0.15, 0.2) is 65.1 Å². The van der Waals surface area contributed by atoms with Crippen LogP contribution >= 0.6 is 0 Å². The zero-order valence-electron chi connectivity index (χ0n) is 23.3. The molecule has 38 heavy (non-hydrogen) atoms. The average Bonchev–Trinajstić information content (AvgIpc) is 2.92. The van der Waals surface area contributed by atoms with Gasteiger partial charge in [0.1, 0.15) is 24.4 Å². The van der Waals surface area contributed by atoms with Gasteiger partial charge in [0.25, 0.3) is 0 Å². The Morgan fingerprint density at radius 2 is 1.55 bits per heavy atom. The summed E-state index contributed by atoms with van der Waals surface area (Å²) < 4.78 is 8.88. The van der Waals surface area contributed by atoms with E-state index in [1.807, 2.05) is 24.3 Å². The molecule has 2 N–H and O–H groups in total. The van der Waals surface area contributed by atoms with Gasteiger partial charge in [0.15, 0.2) is 5.79 Å². The summed E-state index contributed by atoms with van der Waals surface area (Å²) in [6.07, 6.45) is 1.91. The molecule has 204 valence electrons. The summed E-state index contributed by atoms with van der Waals surface area (Å²) in [6.45, 7) is 14.3. The third-order valence-electron chi connectivity index (χ3n) is 7.45. The number of nitrogens with zero attached hydrogens (tertiary/aromatic N) is 2. The third kappa shape index (κ3) is 5.75. The molecule has 2 aliphatic rings. The van der Waals surface area contributed by atoms with E-state index in [-0.39, 0.29) is 18.8 Å². The van der Waals surface area contributed by atoms with Crippen molar-refractivity contribution in [3.05, 3.63) is 71.6 Å². The molecule has 6 heteroatoms. The van der Waals surface area contributed by atoms with Crippen molar-refractivity contribution in [2.45, 2.75) is 59.7 Å². The molecule has 0 saturated carbocycles. The Morgan fingerprint density at radius 3 is 2.21 bits per heavy atom. The molecule has 0 atom stereocenters. The maximum Gasteiger partial charge on any atom is 0.203 e. The quantitative estimate of drug-likeness (QED) is 0.186. The van der Waals surface area contributed by atoms with E-state index in [1.54, 1.807) is 0 Å². The van der Waals surface area contributed by atoms with Crippen molar-refractivity contribution in [3.63, 3.8) is 0 Å². The van der Waals surface area contributed by atoms with Crippen molar-refractivity contribution >= 4 is 16.7 Å². The first kappa shape index (κ1) is 29.7. The highest BCUT2D eigenvalue weighted by molar-refractivity contribution is 6.03. The first-order valence-corrected chi connectivity index (χ1v) is 13.8. The normalized spacial score (nSPS) is 11.6. The van der Waals surface area contributed by atoms with E-state index in [0.29, 0.717) is 5.56 Å². The summed E-state index contributed by atoms with van der Waals surface area (Å²) >= 11 is 0. The molecule has 0 unspecified atom stereocenters. The van der Waals surface area contributed by atoms with Gasteiger partial charge >= 0.3 is 0 Å². The number of rotatable bonds is 10. The highest BCUT2D eigenvalue weighted by Gasteiger charge is 2.30. The summed E-state index contributed by atoms with van der Waals surface area (Å²) in [7, 11) is 0. The van der Waals surface area contributed by atoms with E-state index in [4.69, 9.17) is 4.42 Å². The van der Waals surface area contributed by atoms with Crippen LogP contribution in [0.2, 0.25) is 0 Å². The van der Waals surface area contributed by atoms with E-state index in [2.05, 4.69) is 80.5 Å². The van der Waals surface area contributed by atoms with Crippen molar-refractivity contribution in [1.29, 1.82) is 0 Å². The van der Waals surface area contributed by atoms with Crippen LogP contribution in [-0.2, 0) is 5.79 Å². The molecule has 0 aromatic heterocycles. The molecule has 1 heterocycles. The fraction of sp³-hybridized carbons (Fsp3) is 0.406. The van der Waals surface area contributed by atoms with Crippen LogP contribution in [-0.4, -0.2) is 36.4 Å². The minimum Gasteiger partial charge on any atom is -1.00 e. The van der Waals surface area contributed by atoms with Gasteiger partial charge in [-0.25, -0.2) is 4.58 Å². The van der Waals surface area contributed by atoms with Crippen LogP contribution in [0.3, 0.4) is 0 Å². The summed E-state index contributed by atoms with van der Waals surface area (Å²) in [5.74, 6) is -1.13. The first-order chi connectivity index (χ1) is 17.9. The number of unbranched alkanes of at least 4 members (excludes halogenated alkanes) is 1. The fourth-order valence-corrected chi connectivity index (χ4v) is 5.34. The minimum atomic E-state index is -1.92. The van der Waals surface area contributed by atoms with Crippen LogP contribution in [0.25, 0.3) is 33.4 Å². The molecule has 1 aliphatic carbocycles. The van der Waals surface area contributed by atoms with Crippen LogP contribution in [0, 0.1) is 0 Å². The van der Waals surface area contributed by atoms with E-state index in [9.17, 15) is 10.2 Å². The van der Waals surface area contributed by atoms with Gasteiger partial charge < -0.3 is 31.9 Å². The van der Waals surface area contributed by atoms with Crippen molar-refractivity contribution in [2.24, 2.45) is 0 Å². The van der Waals surface area contributed by atoms with Gasteiger partial charge in [-0.1, -0.05) is 37.6 Å². The second kappa shape index (κ2) is 12.8. The van der Waals surface area contributed by atoms with Crippen LogP contribution < -0.4 is 27.2 Å². The van der Waals surface area contributed by atoms with Crippen LogP contribution in [0.4, 0.5) is 5.69 Å². The van der Waals surface area contributed by atoms with Gasteiger partial charge in [-0.05, 0) is 57.9 Å². The van der Waals surface area contributed by atoms with Crippen molar-refractivity contribution in [1.82, 2.24) is 4.58 Å². The summed E-state index contributed by atoms with van der Waals surface area (Å²) in [5.41, 5.74) is 5.17. The molecule has 0 saturated heterocycles. The fourth-order valence-electron chi connectivity index (χ4n) is 5.34. The van der Waals surface area contributed by atoms with Gasteiger partial charge in [-0.2, -0.15) is 0 Å². The second-order valence-corrected chi connectivity index (χ2v) is 9.65. The summed E-state index contributed by atoms with van der Waals surface area (Å²) in [4.78, 5) is 2.30. The average molecular weight is 537 g/mol. The number of hydrogen-bond acceptors (Lipinski definition) is 4. The largest absolute Gasteiger partial charge is 1.00 e. The van der Waals surface area contributed by atoms with E-state index >= 15 is 0 Å². The van der Waals surface area contributed by atoms with Gasteiger partial charge in [-0.15, -0.1) is 0 Å². The van der Waals surface area contributed by atoms with Crippen molar-refractivity contribution in [2.75, 3.05) is 31.1 Å². The number of benzene rings is 3. The van der Waals surface area contributed by atoms with Gasteiger partial charge in [0, 0.05) is 59.4 Å². The number of fused-ring (bicyclic) bond motifs is 2. The van der Waals surface area contributed by atoms with E-state index in [1.165, 1.54) is 0 Å². The Balaban J connectivity index is 0.00000400. The summed E-state index contributed by atoms with van der Waals surface area (Å²) in [6, 6.07) is 20.4. The minimum absolute atomic E-state index is 0. The molecule has 0 fully saturated rings. The molecular formula is C32H41ClN2O3.